The average molecular weight is 264 g/mol. The molecule has 0 aromatic rings. The first kappa shape index (κ1) is 21.6. The third kappa shape index (κ3) is 20.7. The molecule has 0 amide bonds. The maximum absolute atomic E-state index is 5.42. The van der Waals surface area contributed by atoms with E-state index in [0.717, 1.165) is 26.1 Å². The van der Waals surface area contributed by atoms with Gasteiger partial charge in [-0.2, -0.15) is 0 Å². The fourth-order valence-corrected chi connectivity index (χ4v) is 1.77. The third-order valence-electron chi connectivity index (χ3n) is 2.89. The molecule has 0 N–H and O–H groups in total. The van der Waals surface area contributed by atoms with Gasteiger partial charge in [0.2, 0.25) is 0 Å². The van der Waals surface area contributed by atoms with Crippen molar-refractivity contribution in [3.05, 3.63) is 12.2 Å². The third-order valence-corrected chi connectivity index (χ3v) is 2.89. The van der Waals surface area contributed by atoms with Crippen molar-refractivity contribution in [1.29, 1.82) is 0 Å². The molecular formula is C16H33LiO2. The van der Waals surface area contributed by atoms with Crippen molar-refractivity contribution in [3.63, 3.8) is 0 Å². The standard InChI is InChI=1S/C16H32O2.Li.H/c1-3-5-7-9-10-11-13-15-18-16-17-14-12-8-6-4-2;;/h6,8H,3-5,7,9-16H2,1-2H3;;/q;+1;-1/b8-6-;;. The van der Waals surface area contributed by atoms with Crippen LogP contribution in [0.5, 0.6) is 0 Å². The Balaban J connectivity index is -0.00000144. The quantitative estimate of drug-likeness (QED) is 0.207. The Hall–Kier alpha value is 0.257. The van der Waals surface area contributed by atoms with Crippen LogP contribution >= 0.6 is 0 Å². The van der Waals surface area contributed by atoms with Crippen molar-refractivity contribution < 1.29 is 29.8 Å². The van der Waals surface area contributed by atoms with Gasteiger partial charge in [-0.1, -0.05) is 64.5 Å². The topological polar surface area (TPSA) is 18.5 Å². The number of allylic oxidation sites excluding steroid dienone is 1. The Morgan fingerprint density at radius 3 is 2.11 bits per heavy atom. The van der Waals surface area contributed by atoms with E-state index in [1.54, 1.807) is 0 Å². The van der Waals surface area contributed by atoms with E-state index >= 15 is 0 Å². The van der Waals surface area contributed by atoms with Gasteiger partial charge in [-0.05, 0) is 19.3 Å². The normalized spacial score (nSPS) is 10.8. The van der Waals surface area contributed by atoms with Crippen molar-refractivity contribution in [3.8, 4) is 0 Å². The van der Waals surface area contributed by atoms with E-state index in [2.05, 4.69) is 26.0 Å². The Bertz CT molecular complexity index is 178. The SMILES string of the molecule is CC/C=C\CCOCOCCCCCCCCC.[H-].[Li+]. The summed E-state index contributed by atoms with van der Waals surface area (Å²) in [6, 6.07) is 0. The predicted molar refractivity (Wildman–Crippen MR) is 79.9 cm³/mol. The number of ether oxygens (including phenoxy) is 2. The Morgan fingerprint density at radius 2 is 1.42 bits per heavy atom. The van der Waals surface area contributed by atoms with E-state index in [-0.39, 0.29) is 20.3 Å². The van der Waals surface area contributed by atoms with Crippen molar-refractivity contribution in [2.24, 2.45) is 0 Å². The molecule has 0 fully saturated rings. The summed E-state index contributed by atoms with van der Waals surface area (Å²) in [5.74, 6) is 0. The molecule has 0 atom stereocenters. The van der Waals surface area contributed by atoms with Gasteiger partial charge in [-0.3, -0.25) is 0 Å². The molecule has 0 aromatic carbocycles. The molecular weight excluding hydrogens is 231 g/mol. The molecule has 0 aliphatic carbocycles. The van der Waals surface area contributed by atoms with E-state index in [1.807, 2.05) is 0 Å². The molecule has 0 saturated carbocycles. The van der Waals surface area contributed by atoms with Crippen LogP contribution in [-0.4, -0.2) is 20.0 Å². The Kier molecular flexibility index (Phi) is 23.3. The molecule has 0 bridgehead atoms. The molecule has 0 spiro atoms. The van der Waals surface area contributed by atoms with Gasteiger partial charge in [-0.15, -0.1) is 0 Å². The van der Waals surface area contributed by atoms with E-state index in [1.165, 1.54) is 44.9 Å². The van der Waals surface area contributed by atoms with Gasteiger partial charge in [-0.25, -0.2) is 0 Å². The zero-order valence-corrected chi connectivity index (χ0v) is 13.5. The summed E-state index contributed by atoms with van der Waals surface area (Å²) in [7, 11) is 0. The molecule has 0 aromatic heterocycles. The number of hydrogen-bond donors (Lipinski definition) is 0. The molecule has 19 heavy (non-hydrogen) atoms. The molecule has 0 radical (unpaired) electrons. The van der Waals surface area contributed by atoms with Gasteiger partial charge in [0.15, 0.2) is 0 Å². The number of unbranched alkanes of at least 4 members (excludes halogenated alkanes) is 6. The van der Waals surface area contributed by atoms with Crippen molar-refractivity contribution >= 4 is 0 Å². The second-order valence-electron chi connectivity index (χ2n) is 4.72. The predicted octanol–water partition coefficient (Wildman–Crippen LogP) is 2.20. The van der Waals surface area contributed by atoms with Gasteiger partial charge in [0.25, 0.3) is 0 Å². The number of hydrogen-bond acceptors (Lipinski definition) is 2. The van der Waals surface area contributed by atoms with Gasteiger partial charge < -0.3 is 10.9 Å². The summed E-state index contributed by atoms with van der Waals surface area (Å²) in [6.45, 7) is 6.47. The minimum atomic E-state index is 0. The first-order chi connectivity index (χ1) is 8.91. The van der Waals surface area contributed by atoms with Crippen molar-refractivity contribution in [2.45, 2.75) is 71.6 Å². The van der Waals surface area contributed by atoms with Crippen LogP contribution in [0.3, 0.4) is 0 Å². The maximum atomic E-state index is 5.42. The van der Waals surface area contributed by atoms with E-state index < -0.39 is 0 Å². The maximum Gasteiger partial charge on any atom is 1.00 e. The monoisotopic (exact) mass is 264 g/mol. The van der Waals surface area contributed by atoms with Crippen LogP contribution in [0.4, 0.5) is 0 Å². The summed E-state index contributed by atoms with van der Waals surface area (Å²) in [4.78, 5) is 0. The van der Waals surface area contributed by atoms with E-state index in [9.17, 15) is 0 Å². The minimum Gasteiger partial charge on any atom is -1.00 e. The fraction of sp³-hybridized carbons (Fsp3) is 0.875. The first-order valence-corrected chi connectivity index (χ1v) is 7.72. The summed E-state index contributed by atoms with van der Waals surface area (Å²) in [5, 5.41) is 0. The molecule has 0 saturated heterocycles. The largest absolute Gasteiger partial charge is 1.00 e. The summed E-state index contributed by atoms with van der Waals surface area (Å²) in [5.41, 5.74) is 0. The van der Waals surface area contributed by atoms with Crippen LogP contribution in [0.2, 0.25) is 0 Å². The first-order valence-electron chi connectivity index (χ1n) is 7.72. The Labute approximate surface area is 134 Å². The summed E-state index contributed by atoms with van der Waals surface area (Å²) < 4.78 is 10.8. The van der Waals surface area contributed by atoms with Gasteiger partial charge in [0, 0.05) is 6.61 Å². The molecule has 2 nitrogen and oxygen atoms in total. The number of rotatable bonds is 14. The molecule has 0 heterocycles. The average Bonchev–Trinajstić information content (AvgIpc) is 2.39. The second kappa shape index (κ2) is 20.6. The summed E-state index contributed by atoms with van der Waals surface area (Å²) >= 11 is 0. The van der Waals surface area contributed by atoms with Crippen LogP contribution in [0.15, 0.2) is 12.2 Å². The van der Waals surface area contributed by atoms with Crippen LogP contribution < -0.4 is 18.9 Å². The van der Waals surface area contributed by atoms with Crippen molar-refractivity contribution in [2.75, 3.05) is 20.0 Å². The zero-order valence-electron chi connectivity index (χ0n) is 14.5. The smallest absolute Gasteiger partial charge is 1.00 e. The molecule has 110 valence electrons. The second-order valence-corrected chi connectivity index (χ2v) is 4.72. The van der Waals surface area contributed by atoms with E-state index in [4.69, 9.17) is 9.47 Å². The van der Waals surface area contributed by atoms with E-state index in [0.29, 0.717) is 6.79 Å². The Morgan fingerprint density at radius 1 is 0.789 bits per heavy atom. The van der Waals surface area contributed by atoms with Gasteiger partial charge in [0.1, 0.15) is 6.79 Å². The minimum absolute atomic E-state index is 0. The molecule has 0 rings (SSSR count). The van der Waals surface area contributed by atoms with Crippen LogP contribution in [-0.2, 0) is 9.47 Å². The van der Waals surface area contributed by atoms with Crippen molar-refractivity contribution in [1.82, 2.24) is 0 Å². The zero-order chi connectivity index (χ0) is 13.3. The van der Waals surface area contributed by atoms with Crippen LogP contribution in [0.25, 0.3) is 0 Å². The van der Waals surface area contributed by atoms with Crippen LogP contribution in [0, 0.1) is 0 Å². The van der Waals surface area contributed by atoms with Crippen LogP contribution in [0.1, 0.15) is 73.1 Å². The molecule has 0 aliphatic rings. The molecule has 0 aliphatic heterocycles. The fourth-order valence-electron chi connectivity index (χ4n) is 1.77. The molecule has 3 heteroatoms. The summed E-state index contributed by atoms with van der Waals surface area (Å²) in [6.07, 6.45) is 15.7. The van der Waals surface area contributed by atoms with Gasteiger partial charge in [0.05, 0.1) is 6.61 Å². The molecule has 0 unspecified atom stereocenters. The van der Waals surface area contributed by atoms with Gasteiger partial charge >= 0.3 is 18.9 Å².